The van der Waals surface area contributed by atoms with E-state index in [4.69, 9.17) is 14.2 Å². The summed E-state index contributed by atoms with van der Waals surface area (Å²) >= 11 is 1.60. The van der Waals surface area contributed by atoms with Crippen molar-refractivity contribution in [1.82, 2.24) is 4.98 Å². The molecule has 1 N–H and O–H groups in total. The lowest BCUT2D eigenvalue weighted by molar-refractivity contribution is -0.111. The van der Waals surface area contributed by atoms with Crippen LogP contribution in [0.5, 0.6) is 17.2 Å². The molecule has 0 spiro atoms. The Kier molecular flexibility index (Phi) is 5.61. The quantitative estimate of drug-likeness (QED) is 0.642. The van der Waals surface area contributed by atoms with Crippen LogP contribution < -0.4 is 19.5 Å². The van der Waals surface area contributed by atoms with E-state index in [-0.39, 0.29) is 5.91 Å². The fourth-order valence-electron chi connectivity index (χ4n) is 2.67. The number of hydrogen-bond donors (Lipinski definition) is 1. The predicted octanol–water partition coefficient (Wildman–Crippen LogP) is 4.28. The molecule has 3 aromatic rings. The minimum atomic E-state index is -0.232. The second-order valence-corrected chi connectivity index (χ2v) is 6.93. The molecule has 1 heterocycles. The Morgan fingerprint density at radius 2 is 1.78 bits per heavy atom. The molecule has 0 radical (unpaired) electrons. The lowest BCUT2D eigenvalue weighted by Gasteiger charge is -2.12. The monoisotopic (exact) mass is 384 g/mol. The molecule has 0 unspecified atom stereocenters. The zero-order valence-electron chi connectivity index (χ0n) is 15.5. The third kappa shape index (κ3) is 4.20. The minimum Gasteiger partial charge on any atom is -0.493 e. The van der Waals surface area contributed by atoms with Crippen molar-refractivity contribution in [2.24, 2.45) is 0 Å². The van der Waals surface area contributed by atoms with Gasteiger partial charge in [0.25, 0.3) is 0 Å². The van der Waals surface area contributed by atoms with Crippen LogP contribution in [0, 0.1) is 6.92 Å². The Balaban J connectivity index is 1.77. The topological polar surface area (TPSA) is 69.7 Å². The van der Waals surface area contributed by atoms with Crippen molar-refractivity contribution >= 4 is 39.2 Å². The first kappa shape index (κ1) is 18.7. The van der Waals surface area contributed by atoms with Crippen LogP contribution in [-0.2, 0) is 4.79 Å². The van der Waals surface area contributed by atoms with E-state index in [2.05, 4.69) is 10.3 Å². The summed E-state index contributed by atoms with van der Waals surface area (Å²) in [4.78, 5) is 16.7. The number of nitrogens with zero attached hydrogens (tertiary/aromatic N) is 1. The van der Waals surface area contributed by atoms with Crippen molar-refractivity contribution in [2.45, 2.75) is 6.92 Å². The number of methoxy groups -OCH3 is 3. The van der Waals surface area contributed by atoms with E-state index in [1.807, 2.05) is 25.1 Å². The normalized spacial score (nSPS) is 11.0. The number of anilines is 1. The fourth-order valence-corrected chi connectivity index (χ4v) is 3.54. The molecule has 0 fully saturated rings. The zero-order valence-corrected chi connectivity index (χ0v) is 16.3. The number of amides is 1. The molecule has 1 aromatic heterocycles. The second-order valence-electron chi connectivity index (χ2n) is 5.70. The summed E-state index contributed by atoms with van der Waals surface area (Å²) in [5, 5.41) is 3.86. The summed E-state index contributed by atoms with van der Waals surface area (Å²) in [5.74, 6) is 1.34. The number of benzene rings is 2. The summed E-state index contributed by atoms with van der Waals surface area (Å²) in [5.41, 5.74) is 2.42. The van der Waals surface area contributed by atoms with E-state index >= 15 is 0 Å². The van der Waals surface area contributed by atoms with Gasteiger partial charge >= 0.3 is 0 Å². The van der Waals surface area contributed by atoms with Gasteiger partial charge in [-0.05, 0) is 48.9 Å². The first-order valence-corrected chi connectivity index (χ1v) is 9.02. The van der Waals surface area contributed by atoms with Gasteiger partial charge in [0.1, 0.15) is 0 Å². The van der Waals surface area contributed by atoms with Crippen molar-refractivity contribution < 1.29 is 19.0 Å². The van der Waals surface area contributed by atoms with Gasteiger partial charge in [0.2, 0.25) is 11.7 Å². The molecule has 6 nitrogen and oxygen atoms in total. The third-order valence-electron chi connectivity index (χ3n) is 3.88. The van der Waals surface area contributed by atoms with Gasteiger partial charge in [-0.1, -0.05) is 0 Å². The lowest BCUT2D eigenvalue weighted by Crippen LogP contribution is -2.07. The molecular formula is C20H20N2O4S. The van der Waals surface area contributed by atoms with Gasteiger partial charge in [0, 0.05) is 11.8 Å². The van der Waals surface area contributed by atoms with Gasteiger partial charge in [-0.15, -0.1) is 11.3 Å². The van der Waals surface area contributed by atoms with Crippen molar-refractivity contribution in [2.75, 3.05) is 26.6 Å². The smallest absolute Gasteiger partial charge is 0.248 e. The molecule has 0 aliphatic rings. The number of carbonyl (C=O) groups excluding carboxylic acids is 1. The van der Waals surface area contributed by atoms with Gasteiger partial charge in [0.05, 0.1) is 36.6 Å². The highest BCUT2D eigenvalue weighted by Gasteiger charge is 2.12. The fraction of sp³-hybridized carbons (Fsp3) is 0.200. The summed E-state index contributed by atoms with van der Waals surface area (Å²) in [6.07, 6.45) is 3.15. The first-order chi connectivity index (χ1) is 13.0. The van der Waals surface area contributed by atoms with Crippen LogP contribution in [0.1, 0.15) is 10.6 Å². The lowest BCUT2D eigenvalue weighted by atomic mass is 10.1. The Labute approximate surface area is 161 Å². The summed E-state index contributed by atoms with van der Waals surface area (Å²) in [6, 6.07) is 9.21. The molecule has 2 aromatic carbocycles. The molecule has 1 amide bonds. The summed E-state index contributed by atoms with van der Waals surface area (Å²) in [7, 11) is 4.65. The SMILES string of the molecule is COc1cc(/C=C/C(=O)Nc2ccc3nc(C)sc3c2)cc(OC)c1OC. The van der Waals surface area contributed by atoms with E-state index in [1.165, 1.54) is 6.08 Å². The van der Waals surface area contributed by atoms with Gasteiger partial charge in [-0.3, -0.25) is 4.79 Å². The molecule has 140 valence electrons. The third-order valence-corrected chi connectivity index (χ3v) is 4.81. The molecule has 3 rings (SSSR count). The number of hydrogen-bond acceptors (Lipinski definition) is 6. The second kappa shape index (κ2) is 8.09. The molecule has 0 aliphatic carbocycles. The van der Waals surface area contributed by atoms with Crippen LogP contribution in [0.4, 0.5) is 5.69 Å². The summed E-state index contributed by atoms with van der Waals surface area (Å²) < 4.78 is 17.0. The predicted molar refractivity (Wildman–Crippen MR) is 108 cm³/mol. The number of aryl methyl sites for hydroxylation is 1. The Hall–Kier alpha value is -3.06. The van der Waals surface area contributed by atoms with Crippen molar-refractivity contribution in [3.05, 3.63) is 47.0 Å². The summed E-state index contributed by atoms with van der Waals surface area (Å²) in [6.45, 7) is 1.96. The Morgan fingerprint density at radius 3 is 2.41 bits per heavy atom. The van der Waals surface area contributed by atoms with Gasteiger partial charge in [-0.2, -0.15) is 0 Å². The average Bonchev–Trinajstić information content (AvgIpc) is 3.04. The Bertz CT molecular complexity index is 985. The standard InChI is InChI=1S/C20H20N2O4S/c1-12-21-15-7-6-14(11-18(15)27-12)22-19(23)8-5-13-9-16(24-2)20(26-4)17(10-13)25-3/h5-11H,1-4H3,(H,22,23)/b8-5+. The van der Waals surface area contributed by atoms with Crippen LogP contribution in [0.15, 0.2) is 36.4 Å². The van der Waals surface area contributed by atoms with E-state index in [0.29, 0.717) is 17.2 Å². The van der Waals surface area contributed by atoms with E-state index in [0.717, 1.165) is 26.5 Å². The molecule has 0 saturated carbocycles. The highest BCUT2D eigenvalue weighted by Crippen LogP contribution is 2.38. The maximum absolute atomic E-state index is 12.3. The number of fused-ring (bicyclic) bond motifs is 1. The van der Waals surface area contributed by atoms with E-state index < -0.39 is 0 Å². The van der Waals surface area contributed by atoms with Crippen LogP contribution in [-0.4, -0.2) is 32.2 Å². The Morgan fingerprint density at radius 1 is 1.07 bits per heavy atom. The van der Waals surface area contributed by atoms with Crippen LogP contribution in [0.25, 0.3) is 16.3 Å². The molecule has 27 heavy (non-hydrogen) atoms. The molecule has 0 aliphatic heterocycles. The maximum atomic E-state index is 12.3. The zero-order chi connectivity index (χ0) is 19.4. The van der Waals surface area contributed by atoms with Crippen LogP contribution in [0.3, 0.4) is 0 Å². The molecule has 0 bridgehead atoms. The van der Waals surface area contributed by atoms with Crippen molar-refractivity contribution in [3.63, 3.8) is 0 Å². The van der Waals surface area contributed by atoms with E-state index in [1.54, 1.807) is 50.9 Å². The molecular weight excluding hydrogens is 364 g/mol. The van der Waals surface area contributed by atoms with Crippen molar-refractivity contribution in [1.29, 1.82) is 0 Å². The van der Waals surface area contributed by atoms with Crippen LogP contribution in [0.2, 0.25) is 0 Å². The highest BCUT2D eigenvalue weighted by atomic mass is 32.1. The largest absolute Gasteiger partial charge is 0.493 e. The van der Waals surface area contributed by atoms with E-state index in [9.17, 15) is 4.79 Å². The minimum absolute atomic E-state index is 0.232. The maximum Gasteiger partial charge on any atom is 0.248 e. The van der Waals surface area contributed by atoms with Gasteiger partial charge in [-0.25, -0.2) is 4.98 Å². The number of carbonyl (C=O) groups is 1. The highest BCUT2D eigenvalue weighted by molar-refractivity contribution is 7.18. The number of aromatic nitrogens is 1. The average molecular weight is 384 g/mol. The molecule has 7 heteroatoms. The first-order valence-electron chi connectivity index (χ1n) is 8.20. The number of nitrogens with one attached hydrogen (secondary N) is 1. The number of thiazole rings is 1. The molecule has 0 atom stereocenters. The van der Waals surface area contributed by atoms with Crippen LogP contribution >= 0.6 is 11.3 Å². The number of ether oxygens (including phenoxy) is 3. The van der Waals surface area contributed by atoms with Gasteiger partial charge < -0.3 is 19.5 Å². The number of rotatable bonds is 6. The molecule has 0 saturated heterocycles. The van der Waals surface area contributed by atoms with Crippen molar-refractivity contribution in [3.8, 4) is 17.2 Å². The van der Waals surface area contributed by atoms with Gasteiger partial charge in [0.15, 0.2) is 11.5 Å².